The van der Waals surface area contributed by atoms with Gasteiger partial charge in [0.1, 0.15) is 11.5 Å². The van der Waals surface area contributed by atoms with Gasteiger partial charge in [0.25, 0.3) is 0 Å². The number of unbranched alkanes of at least 4 members (excludes halogenated alkanes) is 1. The SMILES string of the molecule is Cc1c(OCCCCS(=O)(=O)c2ccncc2)ccc(C(=O)CC(C)C)c1O. The molecule has 0 bridgehead atoms. The Balaban J connectivity index is 1.88. The van der Waals surface area contributed by atoms with Gasteiger partial charge in [0.05, 0.1) is 22.8 Å². The molecule has 6 nitrogen and oxygen atoms in total. The first-order chi connectivity index (χ1) is 13.2. The van der Waals surface area contributed by atoms with Crippen molar-refractivity contribution in [1.29, 1.82) is 0 Å². The minimum atomic E-state index is -3.32. The molecule has 1 aromatic heterocycles. The zero-order chi connectivity index (χ0) is 20.7. The Labute approximate surface area is 166 Å². The lowest BCUT2D eigenvalue weighted by Crippen LogP contribution is -2.09. The summed E-state index contributed by atoms with van der Waals surface area (Å²) < 4.78 is 30.1. The number of pyridine rings is 1. The Kier molecular flexibility index (Phi) is 7.57. The topological polar surface area (TPSA) is 93.6 Å². The lowest BCUT2D eigenvalue weighted by Gasteiger charge is -2.13. The van der Waals surface area contributed by atoms with Gasteiger partial charge < -0.3 is 9.84 Å². The first-order valence-corrected chi connectivity index (χ1v) is 11.0. The summed E-state index contributed by atoms with van der Waals surface area (Å²) in [5.41, 5.74) is 0.820. The van der Waals surface area contributed by atoms with Crippen molar-refractivity contribution in [2.45, 2.75) is 44.9 Å². The molecule has 0 saturated heterocycles. The van der Waals surface area contributed by atoms with Crippen LogP contribution < -0.4 is 4.74 Å². The monoisotopic (exact) mass is 405 g/mol. The molecule has 0 saturated carbocycles. The summed E-state index contributed by atoms with van der Waals surface area (Å²) in [5.74, 6) is 0.599. The normalized spacial score (nSPS) is 11.6. The van der Waals surface area contributed by atoms with Gasteiger partial charge in [-0.15, -0.1) is 0 Å². The summed E-state index contributed by atoms with van der Waals surface area (Å²) in [7, 11) is -3.32. The molecule has 0 spiro atoms. The van der Waals surface area contributed by atoms with Crippen LogP contribution in [-0.4, -0.2) is 36.7 Å². The first-order valence-electron chi connectivity index (χ1n) is 9.33. The molecule has 28 heavy (non-hydrogen) atoms. The summed E-state index contributed by atoms with van der Waals surface area (Å²) in [4.78, 5) is 16.3. The van der Waals surface area contributed by atoms with E-state index >= 15 is 0 Å². The number of rotatable bonds is 10. The van der Waals surface area contributed by atoms with E-state index < -0.39 is 9.84 Å². The van der Waals surface area contributed by atoms with E-state index in [-0.39, 0.29) is 28.1 Å². The van der Waals surface area contributed by atoms with Crippen molar-refractivity contribution < 1.29 is 23.1 Å². The molecule has 7 heteroatoms. The third kappa shape index (κ3) is 5.79. The minimum Gasteiger partial charge on any atom is -0.507 e. The summed E-state index contributed by atoms with van der Waals surface area (Å²) in [6.45, 7) is 5.93. The lowest BCUT2D eigenvalue weighted by atomic mass is 9.98. The van der Waals surface area contributed by atoms with Crippen LogP contribution in [0.5, 0.6) is 11.5 Å². The van der Waals surface area contributed by atoms with Gasteiger partial charge in [-0.2, -0.15) is 0 Å². The molecule has 0 amide bonds. The van der Waals surface area contributed by atoms with Crippen molar-refractivity contribution in [3.05, 3.63) is 47.8 Å². The number of phenolic OH excluding ortho intramolecular Hbond substituents is 1. The number of phenols is 1. The van der Waals surface area contributed by atoms with E-state index in [1.807, 2.05) is 13.8 Å². The third-order valence-electron chi connectivity index (χ3n) is 4.35. The number of hydrogen-bond acceptors (Lipinski definition) is 6. The fourth-order valence-corrected chi connectivity index (χ4v) is 4.14. The summed E-state index contributed by atoms with van der Waals surface area (Å²) in [5, 5.41) is 10.3. The van der Waals surface area contributed by atoms with E-state index in [9.17, 15) is 18.3 Å². The molecule has 0 radical (unpaired) electrons. The second-order valence-electron chi connectivity index (χ2n) is 7.16. The second-order valence-corrected chi connectivity index (χ2v) is 9.27. The Morgan fingerprint density at radius 3 is 2.46 bits per heavy atom. The molecule has 1 heterocycles. The number of aromatic hydroxyl groups is 1. The van der Waals surface area contributed by atoms with Crippen molar-refractivity contribution in [1.82, 2.24) is 4.98 Å². The van der Waals surface area contributed by atoms with Crippen molar-refractivity contribution in [2.75, 3.05) is 12.4 Å². The van der Waals surface area contributed by atoms with E-state index in [4.69, 9.17) is 4.74 Å². The Bertz CT molecular complexity index is 908. The highest BCUT2D eigenvalue weighted by Crippen LogP contribution is 2.32. The number of ether oxygens (including phenoxy) is 1. The van der Waals surface area contributed by atoms with Crippen LogP contribution in [0.2, 0.25) is 0 Å². The molecule has 0 unspecified atom stereocenters. The molecule has 0 aliphatic carbocycles. The fourth-order valence-electron chi connectivity index (χ4n) is 2.78. The van der Waals surface area contributed by atoms with E-state index in [1.54, 1.807) is 19.1 Å². The highest BCUT2D eigenvalue weighted by Gasteiger charge is 2.17. The number of carbonyl (C=O) groups excluding carboxylic acids is 1. The molecule has 1 N–H and O–H groups in total. The maximum atomic E-state index is 12.2. The number of benzene rings is 1. The molecule has 152 valence electrons. The molecule has 2 aromatic rings. The fraction of sp³-hybridized carbons (Fsp3) is 0.429. The van der Waals surface area contributed by atoms with Crippen molar-refractivity contribution >= 4 is 15.6 Å². The molecule has 0 atom stereocenters. The Morgan fingerprint density at radius 2 is 1.82 bits per heavy atom. The predicted octanol–water partition coefficient (Wildman–Crippen LogP) is 3.96. The number of sulfone groups is 1. The molecule has 0 fully saturated rings. The summed E-state index contributed by atoms with van der Waals surface area (Å²) in [6, 6.07) is 6.23. The van der Waals surface area contributed by atoms with Gasteiger partial charge in [0.2, 0.25) is 0 Å². The average molecular weight is 406 g/mol. The molecule has 0 aliphatic heterocycles. The van der Waals surface area contributed by atoms with Crippen LogP contribution in [-0.2, 0) is 9.84 Å². The third-order valence-corrected chi connectivity index (χ3v) is 6.17. The van der Waals surface area contributed by atoms with Crippen molar-refractivity contribution in [3.8, 4) is 11.5 Å². The van der Waals surface area contributed by atoms with Gasteiger partial charge in [-0.3, -0.25) is 9.78 Å². The second kappa shape index (κ2) is 9.68. The highest BCUT2D eigenvalue weighted by molar-refractivity contribution is 7.91. The minimum absolute atomic E-state index is 0.0350. The van der Waals surface area contributed by atoms with Crippen LogP contribution in [0.1, 0.15) is 49.0 Å². The smallest absolute Gasteiger partial charge is 0.178 e. The van der Waals surface area contributed by atoms with Gasteiger partial charge in [-0.1, -0.05) is 13.8 Å². The first kappa shape index (κ1) is 21.9. The number of nitrogens with zero attached hydrogens (tertiary/aromatic N) is 1. The van der Waals surface area contributed by atoms with Crippen LogP contribution >= 0.6 is 0 Å². The maximum absolute atomic E-state index is 12.2. The summed E-state index contributed by atoms with van der Waals surface area (Å²) >= 11 is 0. The van der Waals surface area contributed by atoms with Crippen molar-refractivity contribution in [3.63, 3.8) is 0 Å². The van der Waals surface area contributed by atoms with Crippen LogP contribution in [0.3, 0.4) is 0 Å². The lowest BCUT2D eigenvalue weighted by molar-refractivity contribution is 0.0965. The predicted molar refractivity (Wildman–Crippen MR) is 108 cm³/mol. The van der Waals surface area contributed by atoms with E-state index in [0.29, 0.717) is 42.7 Å². The van der Waals surface area contributed by atoms with Crippen LogP contribution in [0.15, 0.2) is 41.6 Å². The highest BCUT2D eigenvalue weighted by atomic mass is 32.2. The zero-order valence-corrected chi connectivity index (χ0v) is 17.3. The molecule has 2 rings (SSSR count). The Hall–Kier alpha value is -2.41. The van der Waals surface area contributed by atoms with Crippen molar-refractivity contribution in [2.24, 2.45) is 5.92 Å². The number of aromatic nitrogens is 1. The van der Waals surface area contributed by atoms with Crippen LogP contribution in [0.25, 0.3) is 0 Å². The van der Waals surface area contributed by atoms with E-state index in [0.717, 1.165) is 0 Å². The van der Waals surface area contributed by atoms with E-state index in [2.05, 4.69) is 4.98 Å². The molecule has 1 aromatic carbocycles. The molecule has 0 aliphatic rings. The van der Waals surface area contributed by atoms with Gasteiger partial charge in [0, 0.05) is 24.4 Å². The van der Waals surface area contributed by atoms with Gasteiger partial charge >= 0.3 is 0 Å². The maximum Gasteiger partial charge on any atom is 0.178 e. The quantitative estimate of drug-likeness (QED) is 0.475. The summed E-state index contributed by atoms with van der Waals surface area (Å²) in [6.07, 6.45) is 4.31. The van der Waals surface area contributed by atoms with Gasteiger partial charge in [-0.05, 0) is 49.9 Å². The van der Waals surface area contributed by atoms with Crippen LogP contribution in [0.4, 0.5) is 0 Å². The Morgan fingerprint density at radius 1 is 1.14 bits per heavy atom. The molecular formula is C21H27NO5S. The van der Waals surface area contributed by atoms with Crippen LogP contribution in [0, 0.1) is 12.8 Å². The van der Waals surface area contributed by atoms with E-state index in [1.165, 1.54) is 24.5 Å². The zero-order valence-electron chi connectivity index (χ0n) is 16.5. The number of carbonyl (C=O) groups is 1. The molecular weight excluding hydrogens is 378 g/mol. The van der Waals surface area contributed by atoms with Gasteiger partial charge in [-0.25, -0.2) is 8.42 Å². The van der Waals surface area contributed by atoms with Gasteiger partial charge in [0.15, 0.2) is 15.6 Å². The standard InChI is InChI=1S/C21H27NO5S/c1-15(2)14-19(23)18-6-7-20(16(3)21(18)24)27-12-4-5-13-28(25,26)17-8-10-22-11-9-17/h6-11,15,24H,4-5,12-14H2,1-3H3. The average Bonchev–Trinajstić information content (AvgIpc) is 2.65. The largest absolute Gasteiger partial charge is 0.507 e. The number of hydrogen-bond donors (Lipinski definition) is 1. The number of Topliss-reactive ketones (excluding diaryl/α,β-unsaturated/α-hetero) is 1. The number of ketones is 1.